The summed E-state index contributed by atoms with van der Waals surface area (Å²) in [6.07, 6.45) is 4.28. The van der Waals surface area contributed by atoms with Crippen LogP contribution in [0.1, 0.15) is 31.0 Å². The van der Waals surface area contributed by atoms with E-state index < -0.39 is 0 Å². The van der Waals surface area contributed by atoms with E-state index in [1.54, 1.807) is 6.20 Å². The van der Waals surface area contributed by atoms with E-state index in [2.05, 4.69) is 16.8 Å². The van der Waals surface area contributed by atoms with E-state index in [1.165, 1.54) is 12.8 Å². The van der Waals surface area contributed by atoms with Crippen LogP contribution in [0.15, 0.2) is 18.3 Å². The molecule has 0 bridgehead atoms. The molecule has 1 saturated heterocycles. The van der Waals surface area contributed by atoms with Crippen molar-refractivity contribution in [1.29, 1.82) is 5.41 Å². The smallest absolute Gasteiger partial charge is 0.142 e. The van der Waals surface area contributed by atoms with E-state index >= 15 is 0 Å². The van der Waals surface area contributed by atoms with E-state index in [4.69, 9.17) is 11.1 Å². The van der Waals surface area contributed by atoms with Gasteiger partial charge in [-0.05, 0) is 36.9 Å². The summed E-state index contributed by atoms with van der Waals surface area (Å²) in [4.78, 5) is 6.61. The topological polar surface area (TPSA) is 66.0 Å². The first-order valence-electron chi connectivity index (χ1n) is 6.17. The Morgan fingerprint density at radius 3 is 3.18 bits per heavy atom. The highest BCUT2D eigenvalue weighted by Crippen LogP contribution is 2.18. The molecule has 0 radical (unpaired) electrons. The van der Waals surface area contributed by atoms with Gasteiger partial charge in [0, 0.05) is 19.3 Å². The SMILES string of the molecule is CC1CCCN(Cc2cccnc2C(=N)N)C1. The average Bonchev–Trinajstić information content (AvgIpc) is 2.29. The predicted molar refractivity (Wildman–Crippen MR) is 68.9 cm³/mol. The first-order chi connectivity index (χ1) is 8.16. The number of nitrogens with two attached hydrogens (primary N) is 1. The van der Waals surface area contributed by atoms with Gasteiger partial charge in [0.05, 0.1) is 0 Å². The Morgan fingerprint density at radius 1 is 1.65 bits per heavy atom. The molecule has 1 atom stereocenters. The molecule has 1 unspecified atom stereocenters. The molecule has 92 valence electrons. The second kappa shape index (κ2) is 5.27. The Bertz CT molecular complexity index is 402. The molecule has 4 heteroatoms. The molecule has 3 N–H and O–H groups in total. The minimum atomic E-state index is 0.0608. The molecule has 1 aliphatic heterocycles. The zero-order chi connectivity index (χ0) is 12.3. The molecule has 0 spiro atoms. The largest absolute Gasteiger partial charge is 0.382 e. The summed E-state index contributed by atoms with van der Waals surface area (Å²) in [6, 6.07) is 3.93. The fourth-order valence-corrected chi connectivity index (χ4v) is 2.48. The molecule has 0 aromatic carbocycles. The molecule has 1 aromatic heterocycles. The monoisotopic (exact) mass is 232 g/mol. The van der Waals surface area contributed by atoms with Crippen molar-refractivity contribution in [3.05, 3.63) is 29.6 Å². The van der Waals surface area contributed by atoms with Crippen LogP contribution in [0.3, 0.4) is 0 Å². The van der Waals surface area contributed by atoms with Crippen molar-refractivity contribution in [2.45, 2.75) is 26.3 Å². The molecule has 2 rings (SSSR count). The van der Waals surface area contributed by atoms with Crippen LogP contribution >= 0.6 is 0 Å². The van der Waals surface area contributed by atoms with Gasteiger partial charge in [-0.25, -0.2) is 0 Å². The number of hydrogen-bond acceptors (Lipinski definition) is 3. The Kier molecular flexibility index (Phi) is 3.74. The highest BCUT2D eigenvalue weighted by molar-refractivity contribution is 5.94. The lowest BCUT2D eigenvalue weighted by molar-refractivity contribution is 0.176. The molecule has 1 aliphatic rings. The number of piperidine rings is 1. The van der Waals surface area contributed by atoms with Crippen molar-refractivity contribution in [1.82, 2.24) is 9.88 Å². The van der Waals surface area contributed by atoms with Gasteiger partial charge < -0.3 is 5.73 Å². The van der Waals surface area contributed by atoms with Crippen LogP contribution in [0, 0.1) is 11.3 Å². The molecule has 4 nitrogen and oxygen atoms in total. The summed E-state index contributed by atoms with van der Waals surface area (Å²) in [5, 5.41) is 7.53. The summed E-state index contributed by atoms with van der Waals surface area (Å²) in [5.74, 6) is 0.826. The third kappa shape index (κ3) is 3.03. The Hall–Kier alpha value is -1.42. The van der Waals surface area contributed by atoms with Gasteiger partial charge in [0.2, 0.25) is 0 Å². The molecule has 1 aromatic rings. The van der Waals surface area contributed by atoms with E-state index in [0.717, 1.165) is 31.1 Å². The number of amidine groups is 1. The number of nitrogen functional groups attached to an aromatic ring is 1. The van der Waals surface area contributed by atoms with E-state index in [9.17, 15) is 0 Å². The zero-order valence-corrected chi connectivity index (χ0v) is 10.3. The summed E-state index contributed by atoms with van der Waals surface area (Å²) in [5.41, 5.74) is 7.24. The Balaban J connectivity index is 2.10. The maximum absolute atomic E-state index is 7.53. The second-order valence-electron chi connectivity index (χ2n) is 4.91. The van der Waals surface area contributed by atoms with E-state index in [1.807, 2.05) is 12.1 Å². The Labute approximate surface area is 102 Å². The predicted octanol–water partition coefficient (Wildman–Crippen LogP) is 1.60. The number of likely N-dealkylation sites (tertiary alicyclic amines) is 1. The quantitative estimate of drug-likeness (QED) is 0.614. The van der Waals surface area contributed by atoms with Gasteiger partial charge in [0.25, 0.3) is 0 Å². The zero-order valence-electron chi connectivity index (χ0n) is 10.3. The van der Waals surface area contributed by atoms with E-state index in [0.29, 0.717) is 5.69 Å². The van der Waals surface area contributed by atoms with Crippen LogP contribution in [-0.2, 0) is 6.54 Å². The van der Waals surface area contributed by atoms with Crippen molar-refractivity contribution >= 4 is 5.84 Å². The van der Waals surface area contributed by atoms with Crippen molar-refractivity contribution in [3.63, 3.8) is 0 Å². The van der Waals surface area contributed by atoms with Gasteiger partial charge in [0.15, 0.2) is 0 Å². The fourth-order valence-electron chi connectivity index (χ4n) is 2.48. The minimum Gasteiger partial charge on any atom is -0.382 e. The van der Waals surface area contributed by atoms with Crippen molar-refractivity contribution in [2.24, 2.45) is 11.7 Å². The van der Waals surface area contributed by atoms with Crippen molar-refractivity contribution < 1.29 is 0 Å². The van der Waals surface area contributed by atoms with Crippen LogP contribution in [-0.4, -0.2) is 28.8 Å². The lowest BCUT2D eigenvalue weighted by Gasteiger charge is -2.31. The fraction of sp³-hybridized carbons (Fsp3) is 0.538. The van der Waals surface area contributed by atoms with Crippen LogP contribution in [0.2, 0.25) is 0 Å². The summed E-state index contributed by atoms with van der Waals surface area (Å²) in [7, 11) is 0. The van der Waals surface area contributed by atoms with Gasteiger partial charge in [-0.3, -0.25) is 15.3 Å². The van der Waals surface area contributed by atoms with Gasteiger partial charge >= 0.3 is 0 Å². The molecule has 17 heavy (non-hydrogen) atoms. The third-order valence-corrected chi connectivity index (χ3v) is 3.28. The Morgan fingerprint density at radius 2 is 2.47 bits per heavy atom. The first kappa shape index (κ1) is 12.0. The van der Waals surface area contributed by atoms with Crippen molar-refractivity contribution in [2.75, 3.05) is 13.1 Å². The van der Waals surface area contributed by atoms with Crippen LogP contribution in [0.4, 0.5) is 0 Å². The van der Waals surface area contributed by atoms with Crippen LogP contribution in [0.5, 0.6) is 0 Å². The van der Waals surface area contributed by atoms with E-state index in [-0.39, 0.29) is 5.84 Å². The average molecular weight is 232 g/mol. The number of pyridine rings is 1. The second-order valence-corrected chi connectivity index (χ2v) is 4.91. The maximum Gasteiger partial charge on any atom is 0.142 e. The third-order valence-electron chi connectivity index (χ3n) is 3.28. The molecular weight excluding hydrogens is 212 g/mol. The normalized spacial score (nSPS) is 21.4. The van der Waals surface area contributed by atoms with Gasteiger partial charge in [0.1, 0.15) is 11.5 Å². The number of hydrogen-bond donors (Lipinski definition) is 2. The molecule has 0 amide bonds. The lowest BCUT2D eigenvalue weighted by atomic mass is 9.99. The highest BCUT2D eigenvalue weighted by Gasteiger charge is 2.18. The summed E-state index contributed by atoms with van der Waals surface area (Å²) < 4.78 is 0. The van der Waals surface area contributed by atoms with Crippen LogP contribution in [0.25, 0.3) is 0 Å². The molecule has 0 aliphatic carbocycles. The number of aromatic nitrogens is 1. The summed E-state index contributed by atoms with van der Waals surface area (Å²) >= 11 is 0. The van der Waals surface area contributed by atoms with Gasteiger partial charge in [-0.1, -0.05) is 13.0 Å². The number of nitrogens with zero attached hydrogens (tertiary/aromatic N) is 2. The van der Waals surface area contributed by atoms with Gasteiger partial charge in [-0.15, -0.1) is 0 Å². The molecule has 0 saturated carbocycles. The number of nitrogens with one attached hydrogen (secondary N) is 1. The summed E-state index contributed by atoms with van der Waals surface area (Å²) in [6.45, 7) is 5.41. The minimum absolute atomic E-state index is 0.0608. The maximum atomic E-state index is 7.53. The van der Waals surface area contributed by atoms with Gasteiger partial charge in [-0.2, -0.15) is 0 Å². The first-order valence-corrected chi connectivity index (χ1v) is 6.17. The molecule has 1 fully saturated rings. The molecular formula is C13H20N4. The lowest BCUT2D eigenvalue weighted by Crippen LogP contribution is -2.34. The molecule has 2 heterocycles. The highest BCUT2D eigenvalue weighted by atomic mass is 15.1. The van der Waals surface area contributed by atoms with Crippen LogP contribution < -0.4 is 5.73 Å². The standard InChI is InChI=1S/C13H20N4/c1-10-4-3-7-17(8-10)9-11-5-2-6-16-12(11)13(14)15/h2,5-6,10H,3-4,7-9H2,1H3,(H3,14,15). The number of rotatable bonds is 3. The van der Waals surface area contributed by atoms with Crippen molar-refractivity contribution in [3.8, 4) is 0 Å².